The number of carboxylic acid groups (broad SMARTS) is 1. The number of rotatable bonds is 6. The molecule has 3 heterocycles. The quantitative estimate of drug-likeness (QED) is 0.397. The van der Waals surface area contributed by atoms with Gasteiger partial charge in [-0.15, -0.1) is 0 Å². The molecule has 2 aliphatic heterocycles. The molecule has 1 aromatic carbocycles. The molecule has 0 saturated heterocycles. The van der Waals surface area contributed by atoms with Gasteiger partial charge in [-0.05, 0) is 47.9 Å². The lowest BCUT2D eigenvalue weighted by molar-refractivity contribution is -0.139. The number of urea groups is 1. The minimum atomic E-state index is -1.22. The number of carbonyl (C=O) groups is 3. The Bertz CT molecular complexity index is 1040. The number of fused-ring (bicyclic) bond motifs is 12. The first-order chi connectivity index (χ1) is 17.7. The minimum absolute atomic E-state index is 0.0150. The van der Waals surface area contributed by atoms with Crippen LogP contribution < -0.4 is 21.7 Å². The SMILES string of the molecule is CC(C)[C@H]1COCCCCc2ccc(cc2)C[C@@H](NC(=O)NC(Cc2ccc(N)nc2)C(=O)O)C(=O)N1. The Morgan fingerprint density at radius 1 is 1.16 bits per heavy atom. The lowest BCUT2D eigenvalue weighted by Gasteiger charge is -2.26. The molecule has 6 N–H and O–H groups in total. The molecule has 2 aromatic rings. The van der Waals surface area contributed by atoms with Crippen LogP contribution in [0.4, 0.5) is 10.6 Å². The van der Waals surface area contributed by atoms with Crippen LogP contribution in [0, 0.1) is 5.92 Å². The fourth-order valence-corrected chi connectivity index (χ4v) is 4.07. The number of nitrogens with zero attached hydrogens (tertiary/aromatic N) is 1. The summed E-state index contributed by atoms with van der Waals surface area (Å²) in [5, 5.41) is 17.8. The van der Waals surface area contributed by atoms with Crippen LogP contribution in [-0.2, 0) is 33.6 Å². The molecular formula is C27H37N5O5. The Hall–Kier alpha value is -3.66. The predicted molar refractivity (Wildman–Crippen MR) is 140 cm³/mol. The zero-order valence-corrected chi connectivity index (χ0v) is 21.4. The highest BCUT2D eigenvalue weighted by atomic mass is 16.5. The molecule has 10 heteroatoms. The Morgan fingerprint density at radius 3 is 2.54 bits per heavy atom. The molecule has 200 valence electrons. The van der Waals surface area contributed by atoms with Crippen LogP contribution in [0.25, 0.3) is 0 Å². The van der Waals surface area contributed by atoms with E-state index in [0.29, 0.717) is 24.6 Å². The second-order valence-corrected chi connectivity index (χ2v) is 9.77. The second-order valence-electron chi connectivity index (χ2n) is 9.77. The number of aryl methyl sites for hydroxylation is 1. The Kier molecular flexibility index (Phi) is 10.3. The summed E-state index contributed by atoms with van der Waals surface area (Å²) >= 11 is 0. The van der Waals surface area contributed by atoms with Gasteiger partial charge in [-0.25, -0.2) is 14.6 Å². The Labute approximate surface area is 217 Å². The van der Waals surface area contributed by atoms with Crippen molar-refractivity contribution >= 4 is 23.7 Å². The molecule has 0 spiro atoms. The molecule has 1 unspecified atom stereocenters. The molecule has 0 aliphatic carbocycles. The van der Waals surface area contributed by atoms with E-state index in [2.05, 4.69) is 20.9 Å². The molecule has 0 fully saturated rings. The van der Waals surface area contributed by atoms with E-state index in [1.54, 1.807) is 12.1 Å². The third kappa shape index (κ3) is 9.05. The van der Waals surface area contributed by atoms with Gasteiger partial charge < -0.3 is 31.5 Å². The molecule has 37 heavy (non-hydrogen) atoms. The van der Waals surface area contributed by atoms with Gasteiger partial charge in [-0.1, -0.05) is 44.2 Å². The van der Waals surface area contributed by atoms with E-state index in [1.165, 1.54) is 11.8 Å². The number of nitrogen functional groups attached to an aromatic ring is 1. The van der Waals surface area contributed by atoms with E-state index in [4.69, 9.17) is 10.5 Å². The molecule has 3 amide bonds. The van der Waals surface area contributed by atoms with Crippen molar-refractivity contribution in [2.75, 3.05) is 18.9 Å². The van der Waals surface area contributed by atoms with E-state index < -0.39 is 24.1 Å². The molecule has 2 bridgehead atoms. The fraction of sp³-hybridized carbons (Fsp3) is 0.481. The van der Waals surface area contributed by atoms with Crippen molar-refractivity contribution in [3.05, 3.63) is 59.3 Å². The van der Waals surface area contributed by atoms with Crippen molar-refractivity contribution in [1.82, 2.24) is 20.9 Å². The van der Waals surface area contributed by atoms with Gasteiger partial charge in [0.05, 0.1) is 12.6 Å². The van der Waals surface area contributed by atoms with Gasteiger partial charge in [-0.3, -0.25) is 4.79 Å². The molecule has 0 saturated carbocycles. The molecule has 4 rings (SSSR count). The van der Waals surface area contributed by atoms with E-state index in [9.17, 15) is 19.5 Å². The van der Waals surface area contributed by atoms with Gasteiger partial charge in [0.2, 0.25) is 5.91 Å². The zero-order chi connectivity index (χ0) is 26.8. The van der Waals surface area contributed by atoms with Crippen molar-refractivity contribution in [1.29, 1.82) is 0 Å². The number of nitrogens with two attached hydrogens (primary N) is 1. The monoisotopic (exact) mass is 511 g/mol. The van der Waals surface area contributed by atoms with Crippen LogP contribution >= 0.6 is 0 Å². The van der Waals surface area contributed by atoms with Crippen LogP contribution in [0.3, 0.4) is 0 Å². The molecule has 3 atom stereocenters. The summed E-state index contributed by atoms with van der Waals surface area (Å²) in [5.41, 5.74) is 8.28. The number of aromatic nitrogens is 1. The first-order valence-corrected chi connectivity index (χ1v) is 12.7. The number of ether oxygens (including phenoxy) is 1. The summed E-state index contributed by atoms with van der Waals surface area (Å²) in [7, 11) is 0. The standard InChI is InChI=1S/C27H37N5O5/c1-17(2)23-16-37-12-4-3-5-18-6-8-19(9-7-18)13-21(25(33)30-23)31-27(36)32-22(26(34)35)14-20-10-11-24(28)29-15-20/h6-11,15,17,21-23H,3-5,12-14,16H2,1-2H3,(H2,28,29)(H,30,33)(H,34,35)(H2,31,32,36)/t21-,22?,23-/m1/s1. The molecule has 2 aliphatic rings. The van der Waals surface area contributed by atoms with Gasteiger partial charge in [0.25, 0.3) is 0 Å². The predicted octanol–water partition coefficient (Wildman–Crippen LogP) is 2.06. The number of benzene rings is 1. The Balaban J connectivity index is 1.75. The first-order valence-electron chi connectivity index (χ1n) is 12.7. The highest BCUT2D eigenvalue weighted by Crippen LogP contribution is 2.13. The molecule has 0 radical (unpaired) electrons. The molecule has 1 aromatic heterocycles. The number of hydrogen-bond acceptors (Lipinski definition) is 6. The topological polar surface area (TPSA) is 156 Å². The molecular weight excluding hydrogens is 474 g/mol. The van der Waals surface area contributed by atoms with Crippen LogP contribution in [0.15, 0.2) is 42.6 Å². The van der Waals surface area contributed by atoms with Crippen molar-refractivity contribution in [3.8, 4) is 0 Å². The van der Waals surface area contributed by atoms with Crippen molar-refractivity contribution in [2.24, 2.45) is 5.92 Å². The molecule has 10 nitrogen and oxygen atoms in total. The lowest BCUT2D eigenvalue weighted by Crippen LogP contribution is -2.56. The number of aliphatic carboxylic acids is 1. The van der Waals surface area contributed by atoms with Gasteiger partial charge >= 0.3 is 12.0 Å². The van der Waals surface area contributed by atoms with Gasteiger partial charge in [0.1, 0.15) is 17.9 Å². The fourth-order valence-electron chi connectivity index (χ4n) is 4.07. The van der Waals surface area contributed by atoms with E-state index in [0.717, 1.165) is 24.8 Å². The lowest BCUT2D eigenvalue weighted by atomic mass is 10.0. The maximum Gasteiger partial charge on any atom is 0.326 e. The van der Waals surface area contributed by atoms with E-state index >= 15 is 0 Å². The van der Waals surface area contributed by atoms with Crippen LogP contribution in [0.1, 0.15) is 43.4 Å². The normalized spacial score (nSPS) is 19.8. The maximum atomic E-state index is 13.3. The van der Waals surface area contributed by atoms with Gasteiger partial charge in [0.15, 0.2) is 0 Å². The summed E-state index contributed by atoms with van der Waals surface area (Å²) in [4.78, 5) is 42.0. The number of carboxylic acids is 1. The number of pyridine rings is 1. The van der Waals surface area contributed by atoms with Gasteiger partial charge in [0, 0.05) is 25.6 Å². The zero-order valence-electron chi connectivity index (χ0n) is 21.4. The number of amides is 3. The van der Waals surface area contributed by atoms with Crippen molar-refractivity contribution in [3.63, 3.8) is 0 Å². The average Bonchev–Trinajstić information content (AvgIpc) is 2.86. The summed E-state index contributed by atoms with van der Waals surface area (Å²) in [5.74, 6) is -1.12. The summed E-state index contributed by atoms with van der Waals surface area (Å²) in [6, 6.07) is 8.10. The van der Waals surface area contributed by atoms with Crippen LogP contribution in [0.5, 0.6) is 0 Å². The highest BCUT2D eigenvalue weighted by Gasteiger charge is 2.27. The Morgan fingerprint density at radius 2 is 1.89 bits per heavy atom. The van der Waals surface area contributed by atoms with E-state index in [1.807, 2.05) is 38.1 Å². The van der Waals surface area contributed by atoms with Crippen molar-refractivity contribution < 1.29 is 24.2 Å². The largest absolute Gasteiger partial charge is 0.480 e. The number of anilines is 1. The first kappa shape index (κ1) is 27.9. The second kappa shape index (κ2) is 13.6. The number of hydrogen-bond donors (Lipinski definition) is 5. The van der Waals surface area contributed by atoms with Crippen LogP contribution in [-0.4, -0.2) is 59.3 Å². The van der Waals surface area contributed by atoms with Crippen LogP contribution in [0.2, 0.25) is 0 Å². The third-order valence-electron chi connectivity index (χ3n) is 6.41. The smallest absolute Gasteiger partial charge is 0.326 e. The van der Waals surface area contributed by atoms with E-state index in [-0.39, 0.29) is 30.7 Å². The average molecular weight is 512 g/mol. The summed E-state index contributed by atoms with van der Waals surface area (Å²) < 4.78 is 5.83. The number of carbonyl (C=O) groups excluding carboxylic acids is 2. The third-order valence-corrected chi connectivity index (χ3v) is 6.41. The summed E-state index contributed by atoms with van der Waals surface area (Å²) in [6.45, 7) is 4.99. The van der Waals surface area contributed by atoms with Gasteiger partial charge in [-0.2, -0.15) is 0 Å². The highest BCUT2D eigenvalue weighted by molar-refractivity contribution is 5.89. The van der Waals surface area contributed by atoms with Crippen molar-refractivity contribution in [2.45, 2.75) is 64.1 Å². The maximum absolute atomic E-state index is 13.3. The number of nitrogens with one attached hydrogen (secondary N) is 3. The summed E-state index contributed by atoms with van der Waals surface area (Å²) in [6.07, 6.45) is 4.63. The minimum Gasteiger partial charge on any atom is -0.480 e.